The molecule has 0 atom stereocenters. The maximum absolute atomic E-state index is 13.2. The first kappa shape index (κ1) is 23.6. The summed E-state index contributed by atoms with van der Waals surface area (Å²) in [6, 6.07) is 5.57. The van der Waals surface area contributed by atoms with Crippen molar-refractivity contribution in [2.45, 2.75) is 19.9 Å². The highest BCUT2D eigenvalue weighted by molar-refractivity contribution is 5.78. The van der Waals surface area contributed by atoms with Crippen molar-refractivity contribution in [3.8, 4) is 17.0 Å². The molecule has 3 heterocycles. The summed E-state index contributed by atoms with van der Waals surface area (Å²) in [6.45, 7) is 5.14. The molecule has 0 bridgehead atoms. The first-order chi connectivity index (χ1) is 15.7. The summed E-state index contributed by atoms with van der Waals surface area (Å²) in [5.74, 6) is 0.767. The number of aliphatic hydroxyl groups is 1. The van der Waals surface area contributed by atoms with E-state index in [2.05, 4.69) is 25.6 Å². The van der Waals surface area contributed by atoms with Crippen molar-refractivity contribution in [1.29, 1.82) is 0 Å². The molecule has 0 saturated carbocycles. The zero-order valence-electron chi connectivity index (χ0n) is 18.5. The van der Waals surface area contributed by atoms with E-state index in [0.29, 0.717) is 56.4 Å². The number of rotatable bonds is 13. The van der Waals surface area contributed by atoms with Crippen LogP contribution in [0, 0.1) is 0 Å². The van der Waals surface area contributed by atoms with Gasteiger partial charge >= 0.3 is 0 Å². The van der Waals surface area contributed by atoms with Gasteiger partial charge in [0.25, 0.3) is 5.56 Å². The molecule has 0 radical (unpaired) electrons. The first-order valence-electron chi connectivity index (χ1n) is 10.7. The topological polar surface area (TPSA) is 123 Å². The number of aromatic nitrogens is 4. The fraction of sp³-hybridized carbons (Fsp3) is 0.455. The van der Waals surface area contributed by atoms with E-state index in [-0.39, 0.29) is 18.0 Å². The van der Waals surface area contributed by atoms with Crippen molar-refractivity contribution in [3.63, 3.8) is 0 Å². The number of hydrogen-bond donors (Lipinski definition) is 3. The van der Waals surface area contributed by atoms with Crippen LogP contribution in [-0.2, 0) is 11.3 Å². The number of methoxy groups -OCH3 is 1. The van der Waals surface area contributed by atoms with E-state index in [4.69, 9.17) is 14.6 Å². The van der Waals surface area contributed by atoms with Crippen LogP contribution in [0.15, 0.2) is 35.4 Å². The van der Waals surface area contributed by atoms with Crippen molar-refractivity contribution in [1.82, 2.24) is 24.8 Å². The second-order valence-electron chi connectivity index (χ2n) is 7.09. The van der Waals surface area contributed by atoms with Crippen molar-refractivity contribution >= 4 is 17.0 Å². The minimum Gasteiger partial charge on any atom is -0.481 e. The van der Waals surface area contributed by atoms with E-state index in [1.165, 1.54) is 0 Å². The Labute approximate surface area is 186 Å². The number of fused-ring (bicyclic) bond motifs is 1. The molecule has 0 unspecified atom stereocenters. The highest BCUT2D eigenvalue weighted by atomic mass is 16.5. The van der Waals surface area contributed by atoms with Crippen molar-refractivity contribution in [3.05, 3.63) is 40.9 Å². The lowest BCUT2D eigenvalue weighted by Crippen LogP contribution is -2.30. The first-order valence-corrected chi connectivity index (χ1v) is 10.7. The summed E-state index contributed by atoms with van der Waals surface area (Å²) in [6.07, 6.45) is 4.33. The molecule has 0 fully saturated rings. The molecular formula is C22H30N6O4. The van der Waals surface area contributed by atoms with E-state index in [0.717, 1.165) is 17.5 Å². The van der Waals surface area contributed by atoms with Gasteiger partial charge in [-0.1, -0.05) is 6.92 Å². The van der Waals surface area contributed by atoms with Gasteiger partial charge in [-0.2, -0.15) is 0 Å². The van der Waals surface area contributed by atoms with Gasteiger partial charge in [-0.25, -0.2) is 15.0 Å². The maximum atomic E-state index is 13.2. The van der Waals surface area contributed by atoms with Crippen LogP contribution in [-0.4, -0.2) is 71.2 Å². The molecule has 3 rings (SSSR count). The van der Waals surface area contributed by atoms with Gasteiger partial charge in [0.15, 0.2) is 11.5 Å². The Morgan fingerprint density at radius 2 is 1.94 bits per heavy atom. The smallest absolute Gasteiger partial charge is 0.293 e. The molecule has 0 spiro atoms. The number of nitrogens with zero attached hydrogens (tertiary/aromatic N) is 4. The highest BCUT2D eigenvalue weighted by Crippen LogP contribution is 2.23. The fourth-order valence-electron chi connectivity index (χ4n) is 3.16. The fourth-order valence-corrected chi connectivity index (χ4v) is 3.16. The second kappa shape index (κ2) is 12.1. The van der Waals surface area contributed by atoms with Gasteiger partial charge in [0.05, 0.1) is 25.8 Å². The van der Waals surface area contributed by atoms with Crippen LogP contribution >= 0.6 is 0 Å². The third kappa shape index (κ3) is 6.00. The number of pyridine rings is 2. The summed E-state index contributed by atoms with van der Waals surface area (Å²) in [7, 11) is 1.57. The van der Waals surface area contributed by atoms with Crippen LogP contribution in [0.3, 0.4) is 0 Å². The third-order valence-electron chi connectivity index (χ3n) is 4.77. The average molecular weight is 443 g/mol. The molecule has 0 aliphatic heterocycles. The molecular weight excluding hydrogens is 412 g/mol. The zero-order valence-corrected chi connectivity index (χ0v) is 18.5. The molecule has 32 heavy (non-hydrogen) atoms. The van der Waals surface area contributed by atoms with E-state index >= 15 is 0 Å². The lowest BCUT2D eigenvalue weighted by atomic mass is 10.1. The van der Waals surface area contributed by atoms with E-state index in [9.17, 15) is 4.79 Å². The summed E-state index contributed by atoms with van der Waals surface area (Å²) in [4.78, 5) is 26.4. The quantitative estimate of drug-likeness (QED) is 0.336. The Balaban J connectivity index is 1.93. The van der Waals surface area contributed by atoms with Gasteiger partial charge in [-0.3, -0.25) is 9.36 Å². The monoisotopic (exact) mass is 442 g/mol. The van der Waals surface area contributed by atoms with Gasteiger partial charge in [0, 0.05) is 62.4 Å². The minimum absolute atomic E-state index is 0.0642. The van der Waals surface area contributed by atoms with Gasteiger partial charge < -0.3 is 25.2 Å². The number of hydrogen-bond acceptors (Lipinski definition) is 9. The summed E-state index contributed by atoms with van der Waals surface area (Å²) in [5.41, 5.74) is 2.56. The van der Waals surface area contributed by atoms with Crippen LogP contribution < -0.4 is 20.9 Å². The largest absolute Gasteiger partial charge is 0.481 e. The number of anilines is 1. The Morgan fingerprint density at radius 3 is 2.66 bits per heavy atom. The van der Waals surface area contributed by atoms with Gasteiger partial charge in [0.1, 0.15) is 0 Å². The molecule has 0 aliphatic rings. The second-order valence-corrected chi connectivity index (χ2v) is 7.09. The van der Waals surface area contributed by atoms with Crippen LogP contribution in [0.4, 0.5) is 5.82 Å². The van der Waals surface area contributed by atoms with Crippen LogP contribution in [0.2, 0.25) is 0 Å². The van der Waals surface area contributed by atoms with E-state index in [1.54, 1.807) is 30.1 Å². The summed E-state index contributed by atoms with van der Waals surface area (Å²) < 4.78 is 12.4. The van der Waals surface area contributed by atoms with Gasteiger partial charge in [0.2, 0.25) is 5.88 Å². The SMILES string of the molecule is CCCOCCn1c(=O)c(NCCNCCO)nc2ncc(-c3ccc(OC)nc3)cc21. The summed E-state index contributed by atoms with van der Waals surface area (Å²) >= 11 is 0. The van der Waals surface area contributed by atoms with Crippen LogP contribution in [0.25, 0.3) is 22.3 Å². The third-order valence-corrected chi connectivity index (χ3v) is 4.77. The molecule has 3 N–H and O–H groups in total. The summed E-state index contributed by atoms with van der Waals surface area (Å²) in [5, 5.41) is 15.0. The minimum atomic E-state index is -0.230. The molecule has 172 valence electrons. The Hall–Kier alpha value is -3.08. The molecule has 0 aliphatic carbocycles. The predicted octanol–water partition coefficient (Wildman–Crippen LogP) is 1.28. The Bertz CT molecular complexity index is 1050. The normalized spacial score (nSPS) is 11.1. The molecule has 3 aromatic heterocycles. The molecule has 10 heteroatoms. The van der Waals surface area contributed by atoms with Gasteiger partial charge in [-0.15, -0.1) is 0 Å². The van der Waals surface area contributed by atoms with Gasteiger partial charge in [-0.05, 0) is 18.6 Å². The lowest BCUT2D eigenvalue weighted by molar-refractivity contribution is 0.127. The highest BCUT2D eigenvalue weighted by Gasteiger charge is 2.13. The molecule has 0 amide bonds. The molecule has 0 saturated heterocycles. The van der Waals surface area contributed by atoms with Crippen molar-refractivity contribution in [2.75, 3.05) is 51.9 Å². The van der Waals surface area contributed by atoms with Crippen molar-refractivity contribution < 1.29 is 14.6 Å². The van der Waals surface area contributed by atoms with Crippen LogP contribution in [0.5, 0.6) is 5.88 Å². The van der Waals surface area contributed by atoms with Crippen molar-refractivity contribution in [2.24, 2.45) is 0 Å². The standard InChI is InChI=1S/C22H30N6O4/c1-3-11-32-12-9-28-18-13-17(16-4-5-19(31-2)25-14-16)15-26-20(18)27-21(22(28)30)24-7-6-23-8-10-29/h4-5,13-15,23,29H,3,6-12H2,1-2H3,(H,24,26,27). The number of nitrogens with one attached hydrogen (secondary N) is 2. The predicted molar refractivity (Wildman–Crippen MR) is 123 cm³/mol. The number of ether oxygens (including phenoxy) is 2. The molecule has 10 nitrogen and oxygen atoms in total. The molecule has 0 aromatic carbocycles. The maximum Gasteiger partial charge on any atom is 0.293 e. The Morgan fingerprint density at radius 1 is 1.09 bits per heavy atom. The van der Waals surface area contributed by atoms with E-state index in [1.807, 2.05) is 19.1 Å². The van der Waals surface area contributed by atoms with E-state index < -0.39 is 0 Å². The number of aliphatic hydroxyl groups excluding tert-OH is 1. The van der Waals surface area contributed by atoms with Crippen LogP contribution in [0.1, 0.15) is 13.3 Å². The average Bonchev–Trinajstić information content (AvgIpc) is 2.83. The Kier molecular flexibility index (Phi) is 8.90. The lowest BCUT2D eigenvalue weighted by Gasteiger charge is -2.14. The zero-order chi connectivity index (χ0) is 22.8. The molecule has 3 aromatic rings.